The van der Waals surface area contributed by atoms with Gasteiger partial charge in [0.15, 0.2) is 11.6 Å². The highest BCUT2D eigenvalue weighted by molar-refractivity contribution is 14.1. The highest BCUT2D eigenvalue weighted by Crippen LogP contribution is 2.37. The first-order valence-electron chi connectivity index (χ1n) is 15.7. The molecule has 286 valence electrons. The maximum atomic E-state index is 13.3. The van der Waals surface area contributed by atoms with Gasteiger partial charge in [-0.1, -0.05) is 5.92 Å². The normalized spacial score (nSPS) is 11.4. The van der Waals surface area contributed by atoms with Gasteiger partial charge >= 0.3 is 0 Å². The molecule has 14 nitrogen and oxygen atoms in total. The van der Waals surface area contributed by atoms with Crippen molar-refractivity contribution in [3.05, 3.63) is 92.6 Å². The number of nitrogens with one attached hydrogen (secondary N) is 2. The maximum Gasteiger partial charge on any atom is 0.255 e. The number of furan rings is 2. The summed E-state index contributed by atoms with van der Waals surface area (Å²) in [5, 5.41) is 5.82. The number of hydrogen-bond acceptors (Lipinski definition) is 10. The molecule has 6 rings (SSSR count). The molecule has 0 saturated carbocycles. The van der Waals surface area contributed by atoms with E-state index in [2.05, 4.69) is 26.5 Å². The Labute approximate surface area is 328 Å². The molecular weight excluding hydrogens is 873 g/mol. The first-order valence-corrected chi connectivity index (χ1v) is 20.5. The third-order valence-corrected chi connectivity index (χ3v) is 11.3. The van der Waals surface area contributed by atoms with Gasteiger partial charge in [0.2, 0.25) is 31.5 Å². The van der Waals surface area contributed by atoms with E-state index in [0.29, 0.717) is 25.5 Å². The standard InChI is InChI=1S/C19H16FN3O4S.C17H15FIN3O4S/c1-5-11-10-14-15(18(24)21-2)16(12-6-8-13(20)9-7-12)27-19(14)22-17(11)23(3)28(4,25)26;1-20-16(23)13-11-8-12(19)15(22(2)27(3,24)25)21-17(11)26-14(13)9-4-6-10(18)7-5-9/h1,6-10H,2-4H3,(H,21,24);4-8H,1-3H3,(H,20,23). The summed E-state index contributed by atoms with van der Waals surface area (Å²) < 4.78 is 88.1. The van der Waals surface area contributed by atoms with E-state index in [9.17, 15) is 35.2 Å². The summed E-state index contributed by atoms with van der Waals surface area (Å²) in [7, 11) is -1.51. The van der Waals surface area contributed by atoms with Crippen LogP contribution >= 0.6 is 22.6 Å². The molecule has 0 aliphatic rings. The maximum absolute atomic E-state index is 13.3. The van der Waals surface area contributed by atoms with Gasteiger partial charge in [-0.25, -0.2) is 25.6 Å². The van der Waals surface area contributed by atoms with Crippen LogP contribution in [-0.2, 0) is 20.0 Å². The lowest BCUT2D eigenvalue weighted by atomic mass is 10.0. The zero-order valence-electron chi connectivity index (χ0n) is 29.9. The summed E-state index contributed by atoms with van der Waals surface area (Å²) in [6.45, 7) is 0. The van der Waals surface area contributed by atoms with Crippen molar-refractivity contribution in [2.24, 2.45) is 0 Å². The van der Waals surface area contributed by atoms with Crippen LogP contribution in [0.15, 0.2) is 69.5 Å². The summed E-state index contributed by atoms with van der Waals surface area (Å²) in [6, 6.07) is 14.0. The Morgan fingerprint density at radius 3 is 1.49 bits per heavy atom. The second-order valence-electron chi connectivity index (χ2n) is 11.7. The average Bonchev–Trinajstić information content (AvgIpc) is 3.70. The number of carbonyl (C=O) groups excluding carboxylic acids is 2. The lowest BCUT2D eigenvalue weighted by Gasteiger charge is -2.16. The first-order chi connectivity index (χ1) is 25.8. The van der Waals surface area contributed by atoms with Crippen molar-refractivity contribution in [1.29, 1.82) is 0 Å². The number of aromatic nitrogens is 2. The quantitative estimate of drug-likeness (QED) is 0.149. The first kappa shape index (κ1) is 40.6. The molecule has 0 bridgehead atoms. The van der Waals surface area contributed by atoms with Crippen LogP contribution in [0, 0.1) is 27.5 Å². The number of nitrogens with zero attached hydrogens (tertiary/aromatic N) is 4. The molecule has 2 aromatic carbocycles. The number of halogens is 3. The minimum absolute atomic E-state index is 0.000336. The average molecular weight is 905 g/mol. The largest absolute Gasteiger partial charge is 0.437 e. The summed E-state index contributed by atoms with van der Waals surface area (Å²) in [5.41, 5.74) is 1.69. The zero-order valence-corrected chi connectivity index (χ0v) is 33.6. The molecular formula is C36H31F2IN6O8S2. The van der Waals surface area contributed by atoms with Gasteiger partial charge in [-0.15, -0.1) is 6.42 Å². The molecule has 0 fully saturated rings. The van der Waals surface area contributed by atoms with Gasteiger partial charge in [0.1, 0.15) is 23.2 Å². The molecule has 0 saturated heterocycles. The van der Waals surface area contributed by atoms with Crippen molar-refractivity contribution in [2.45, 2.75) is 0 Å². The van der Waals surface area contributed by atoms with Crippen LogP contribution in [0.2, 0.25) is 0 Å². The van der Waals surface area contributed by atoms with Gasteiger partial charge in [-0.2, -0.15) is 9.97 Å². The van der Waals surface area contributed by atoms with E-state index >= 15 is 0 Å². The fourth-order valence-electron chi connectivity index (χ4n) is 5.20. The smallest absolute Gasteiger partial charge is 0.255 e. The molecule has 55 heavy (non-hydrogen) atoms. The molecule has 2 amide bonds. The van der Waals surface area contributed by atoms with Crippen LogP contribution < -0.4 is 19.2 Å². The van der Waals surface area contributed by atoms with Crippen LogP contribution in [0.1, 0.15) is 26.3 Å². The van der Waals surface area contributed by atoms with E-state index in [1.165, 1.54) is 82.8 Å². The van der Waals surface area contributed by atoms with E-state index in [4.69, 9.17) is 15.3 Å². The SMILES string of the molecule is C#Cc1cc2c(C(=O)NC)c(-c3ccc(F)cc3)oc2nc1N(C)S(C)(=O)=O.CNC(=O)c1c(-c2ccc(F)cc2)oc2nc(N(C)S(C)(=O)=O)c(I)cc12. The van der Waals surface area contributed by atoms with Crippen LogP contribution in [0.3, 0.4) is 0 Å². The number of terminal acetylenes is 1. The van der Waals surface area contributed by atoms with E-state index in [1.54, 1.807) is 6.07 Å². The molecule has 0 spiro atoms. The van der Waals surface area contributed by atoms with Gasteiger partial charge in [0, 0.05) is 39.3 Å². The van der Waals surface area contributed by atoms with Gasteiger partial charge in [-0.3, -0.25) is 18.2 Å². The Morgan fingerprint density at radius 1 is 0.727 bits per heavy atom. The Bertz CT molecular complexity index is 2750. The van der Waals surface area contributed by atoms with Gasteiger partial charge in [0.05, 0.1) is 43.5 Å². The number of rotatable bonds is 8. The minimum atomic E-state index is -3.63. The lowest BCUT2D eigenvalue weighted by molar-refractivity contribution is 0.0956. The van der Waals surface area contributed by atoms with E-state index in [1.807, 2.05) is 22.6 Å². The predicted octanol–water partition coefficient (Wildman–Crippen LogP) is 5.36. The number of fused-ring (bicyclic) bond motifs is 2. The van der Waals surface area contributed by atoms with Crippen molar-refractivity contribution < 1.29 is 44.0 Å². The summed E-state index contributed by atoms with van der Waals surface area (Å²) in [5.74, 6) is 1.28. The number of amides is 2. The molecule has 6 aromatic rings. The number of anilines is 2. The summed E-state index contributed by atoms with van der Waals surface area (Å²) in [4.78, 5) is 33.5. The molecule has 0 aliphatic heterocycles. The van der Waals surface area contributed by atoms with E-state index in [-0.39, 0.29) is 51.3 Å². The predicted molar refractivity (Wildman–Crippen MR) is 213 cm³/mol. The van der Waals surface area contributed by atoms with Crippen LogP contribution in [0.5, 0.6) is 0 Å². The minimum Gasteiger partial charge on any atom is -0.437 e. The molecule has 0 aliphatic carbocycles. The van der Waals surface area contributed by atoms with E-state index in [0.717, 1.165) is 21.1 Å². The van der Waals surface area contributed by atoms with Gasteiger partial charge in [0.25, 0.3) is 11.8 Å². The lowest BCUT2D eigenvalue weighted by Crippen LogP contribution is -2.26. The fourth-order valence-corrected chi connectivity index (χ4v) is 7.06. The Kier molecular flexibility index (Phi) is 11.5. The monoisotopic (exact) mass is 904 g/mol. The molecule has 0 radical (unpaired) electrons. The fraction of sp³-hybridized carbons (Fsp3) is 0.167. The third kappa shape index (κ3) is 8.25. The van der Waals surface area contributed by atoms with Crippen molar-refractivity contribution in [1.82, 2.24) is 20.6 Å². The number of benzene rings is 2. The highest BCUT2D eigenvalue weighted by atomic mass is 127. The Morgan fingerprint density at radius 2 is 1.11 bits per heavy atom. The molecule has 4 heterocycles. The third-order valence-electron chi connectivity index (χ3n) is 8.15. The zero-order chi connectivity index (χ0) is 40.6. The van der Waals surface area contributed by atoms with Crippen LogP contribution in [0.25, 0.3) is 44.8 Å². The number of hydrogen-bond donors (Lipinski definition) is 2. The van der Waals surface area contributed by atoms with Gasteiger partial charge < -0.3 is 19.5 Å². The van der Waals surface area contributed by atoms with E-state index < -0.39 is 43.5 Å². The van der Waals surface area contributed by atoms with Crippen molar-refractivity contribution in [3.8, 4) is 35.0 Å². The Balaban J connectivity index is 0.000000211. The summed E-state index contributed by atoms with van der Waals surface area (Å²) >= 11 is 1.95. The van der Waals surface area contributed by atoms with Crippen molar-refractivity contribution >= 4 is 88.3 Å². The second-order valence-corrected chi connectivity index (χ2v) is 16.9. The van der Waals surface area contributed by atoms with Crippen molar-refractivity contribution in [2.75, 3.05) is 49.3 Å². The van der Waals surface area contributed by atoms with Crippen LogP contribution in [0.4, 0.5) is 20.4 Å². The molecule has 0 atom stereocenters. The molecule has 19 heteroatoms. The number of pyridine rings is 2. The van der Waals surface area contributed by atoms with Crippen molar-refractivity contribution in [3.63, 3.8) is 0 Å². The van der Waals surface area contributed by atoms with Crippen LogP contribution in [-0.4, -0.2) is 79.3 Å². The highest BCUT2D eigenvalue weighted by Gasteiger charge is 2.28. The topological polar surface area (TPSA) is 185 Å². The molecule has 2 N–H and O–H groups in total. The molecule has 0 unspecified atom stereocenters. The summed E-state index contributed by atoms with van der Waals surface area (Å²) in [6.07, 6.45) is 7.61. The second kappa shape index (κ2) is 15.6. The number of carbonyl (C=O) groups is 2. The Hall–Kier alpha value is -5.59. The number of sulfonamides is 2. The van der Waals surface area contributed by atoms with Gasteiger partial charge in [-0.05, 0) is 83.3 Å². The molecule has 4 aromatic heterocycles.